The van der Waals surface area contributed by atoms with Crippen LogP contribution >= 0.6 is 0 Å². The summed E-state index contributed by atoms with van der Waals surface area (Å²) in [4.78, 5) is 39.6. The summed E-state index contributed by atoms with van der Waals surface area (Å²) in [5.41, 5.74) is 0.359. The molecule has 2 aliphatic rings. The van der Waals surface area contributed by atoms with Crippen LogP contribution in [0.5, 0.6) is 0 Å². The molecule has 0 aliphatic carbocycles. The van der Waals surface area contributed by atoms with Gasteiger partial charge in [0.1, 0.15) is 11.5 Å². The molecule has 4 rings (SSSR count). The van der Waals surface area contributed by atoms with E-state index in [2.05, 4.69) is 14.9 Å². The maximum Gasteiger partial charge on any atom is 0.289 e. The molecular weight excluding hydrogens is 332 g/mol. The standard InChI is InChI=1S/C18H22N6O2/c1-2-21-7-12-24-13-14(20-16(24)18(21)26)17(25)23-10-8-22(9-11-23)15-5-3-4-6-19-15/h3-6,13H,2,7-12H2,1H3. The van der Waals surface area contributed by atoms with Crippen LogP contribution < -0.4 is 4.90 Å². The molecule has 0 atom stereocenters. The van der Waals surface area contributed by atoms with Gasteiger partial charge in [0.2, 0.25) is 0 Å². The number of nitrogens with zero attached hydrogens (tertiary/aromatic N) is 6. The number of likely N-dealkylation sites (N-methyl/N-ethyl adjacent to an activating group) is 1. The molecule has 0 saturated carbocycles. The summed E-state index contributed by atoms with van der Waals surface area (Å²) in [7, 11) is 0. The quantitative estimate of drug-likeness (QED) is 0.812. The molecule has 0 bridgehead atoms. The van der Waals surface area contributed by atoms with Gasteiger partial charge in [-0.2, -0.15) is 0 Å². The molecule has 2 aliphatic heterocycles. The highest BCUT2D eigenvalue weighted by Crippen LogP contribution is 2.17. The Labute approximate surface area is 152 Å². The van der Waals surface area contributed by atoms with Crippen molar-refractivity contribution in [3.8, 4) is 0 Å². The number of anilines is 1. The van der Waals surface area contributed by atoms with Crippen molar-refractivity contribution in [1.82, 2.24) is 24.3 Å². The zero-order chi connectivity index (χ0) is 18.1. The van der Waals surface area contributed by atoms with E-state index in [1.807, 2.05) is 25.1 Å². The predicted molar refractivity (Wildman–Crippen MR) is 96.2 cm³/mol. The lowest BCUT2D eigenvalue weighted by Crippen LogP contribution is -2.49. The van der Waals surface area contributed by atoms with Crippen molar-refractivity contribution in [1.29, 1.82) is 0 Å². The smallest absolute Gasteiger partial charge is 0.289 e. The SMILES string of the molecule is CCN1CCn2cc(C(=O)N3CCN(c4ccccn4)CC3)nc2C1=O. The van der Waals surface area contributed by atoms with Gasteiger partial charge in [-0.3, -0.25) is 9.59 Å². The highest BCUT2D eigenvalue weighted by atomic mass is 16.2. The van der Waals surface area contributed by atoms with Gasteiger partial charge in [0.05, 0.1) is 0 Å². The summed E-state index contributed by atoms with van der Waals surface area (Å²) in [6.45, 7) is 6.66. The van der Waals surface area contributed by atoms with Crippen molar-refractivity contribution < 1.29 is 9.59 Å². The topological polar surface area (TPSA) is 74.6 Å². The van der Waals surface area contributed by atoms with Gasteiger partial charge >= 0.3 is 0 Å². The van der Waals surface area contributed by atoms with E-state index in [1.54, 1.807) is 26.8 Å². The Morgan fingerprint density at radius 1 is 1.12 bits per heavy atom. The van der Waals surface area contributed by atoms with Gasteiger partial charge in [-0.25, -0.2) is 9.97 Å². The number of pyridine rings is 1. The number of hydrogen-bond donors (Lipinski definition) is 0. The highest BCUT2D eigenvalue weighted by Gasteiger charge is 2.30. The molecule has 8 heteroatoms. The molecule has 0 unspecified atom stereocenters. The van der Waals surface area contributed by atoms with Gasteiger partial charge in [-0.15, -0.1) is 0 Å². The summed E-state index contributed by atoms with van der Waals surface area (Å²) < 4.78 is 1.80. The van der Waals surface area contributed by atoms with E-state index in [-0.39, 0.29) is 11.8 Å². The number of fused-ring (bicyclic) bond motifs is 1. The van der Waals surface area contributed by atoms with E-state index in [1.165, 1.54) is 0 Å². The summed E-state index contributed by atoms with van der Waals surface area (Å²) in [6.07, 6.45) is 3.49. The molecule has 2 amide bonds. The predicted octanol–water partition coefficient (Wildman–Crippen LogP) is 0.716. The van der Waals surface area contributed by atoms with Gasteiger partial charge in [-0.05, 0) is 19.1 Å². The minimum Gasteiger partial charge on any atom is -0.353 e. The fraction of sp³-hybridized carbons (Fsp3) is 0.444. The second kappa shape index (κ2) is 6.78. The van der Waals surface area contributed by atoms with E-state index in [9.17, 15) is 9.59 Å². The second-order valence-corrected chi connectivity index (χ2v) is 6.50. The molecule has 26 heavy (non-hydrogen) atoms. The third kappa shape index (κ3) is 2.91. The fourth-order valence-electron chi connectivity index (χ4n) is 3.47. The van der Waals surface area contributed by atoms with Gasteiger partial charge < -0.3 is 19.3 Å². The summed E-state index contributed by atoms with van der Waals surface area (Å²) >= 11 is 0. The monoisotopic (exact) mass is 354 g/mol. The van der Waals surface area contributed by atoms with E-state index >= 15 is 0 Å². The van der Waals surface area contributed by atoms with Gasteiger partial charge in [0.25, 0.3) is 11.8 Å². The molecule has 1 fully saturated rings. The third-order valence-electron chi connectivity index (χ3n) is 5.01. The van der Waals surface area contributed by atoms with Gasteiger partial charge in [0.15, 0.2) is 5.82 Å². The van der Waals surface area contributed by atoms with Crippen molar-refractivity contribution >= 4 is 17.6 Å². The molecule has 2 aromatic rings. The minimum atomic E-state index is -0.108. The van der Waals surface area contributed by atoms with Crippen molar-refractivity contribution in [2.45, 2.75) is 13.5 Å². The van der Waals surface area contributed by atoms with Crippen LogP contribution in [0.3, 0.4) is 0 Å². The van der Waals surface area contributed by atoms with E-state index < -0.39 is 0 Å². The average molecular weight is 354 g/mol. The molecule has 0 aromatic carbocycles. The molecule has 4 heterocycles. The number of carbonyl (C=O) groups excluding carboxylic acids is 2. The molecule has 0 spiro atoms. The normalized spacial score (nSPS) is 17.4. The van der Waals surface area contributed by atoms with Crippen molar-refractivity contribution in [3.63, 3.8) is 0 Å². The van der Waals surface area contributed by atoms with Crippen LogP contribution in [0.1, 0.15) is 28.0 Å². The number of hydrogen-bond acceptors (Lipinski definition) is 5. The Morgan fingerprint density at radius 2 is 1.92 bits per heavy atom. The maximum absolute atomic E-state index is 12.8. The van der Waals surface area contributed by atoms with Crippen LogP contribution in [-0.4, -0.2) is 75.4 Å². The van der Waals surface area contributed by atoms with Gasteiger partial charge in [-0.1, -0.05) is 6.07 Å². The number of amides is 2. The lowest BCUT2D eigenvalue weighted by molar-refractivity contribution is 0.0707. The van der Waals surface area contributed by atoms with Crippen LogP contribution in [0.2, 0.25) is 0 Å². The molecule has 8 nitrogen and oxygen atoms in total. The Morgan fingerprint density at radius 3 is 2.62 bits per heavy atom. The number of piperazine rings is 1. The number of imidazole rings is 1. The zero-order valence-electron chi connectivity index (χ0n) is 14.8. The molecule has 0 radical (unpaired) electrons. The van der Waals surface area contributed by atoms with Crippen molar-refractivity contribution in [2.24, 2.45) is 0 Å². The first-order valence-electron chi connectivity index (χ1n) is 8.99. The fourth-order valence-corrected chi connectivity index (χ4v) is 3.47. The van der Waals surface area contributed by atoms with Crippen LogP contribution in [0.4, 0.5) is 5.82 Å². The van der Waals surface area contributed by atoms with E-state index in [4.69, 9.17) is 0 Å². The largest absolute Gasteiger partial charge is 0.353 e. The molecule has 2 aromatic heterocycles. The third-order valence-corrected chi connectivity index (χ3v) is 5.01. The first-order chi connectivity index (χ1) is 12.7. The Hall–Kier alpha value is -2.90. The number of aromatic nitrogens is 3. The first-order valence-corrected chi connectivity index (χ1v) is 8.99. The lowest BCUT2D eigenvalue weighted by atomic mass is 10.2. The Balaban J connectivity index is 1.44. The Kier molecular flexibility index (Phi) is 4.32. The average Bonchev–Trinajstić information content (AvgIpc) is 3.14. The van der Waals surface area contributed by atoms with Crippen LogP contribution in [0.15, 0.2) is 30.6 Å². The molecule has 1 saturated heterocycles. The first kappa shape index (κ1) is 16.6. The van der Waals surface area contributed by atoms with Gasteiger partial charge in [0, 0.05) is 58.2 Å². The second-order valence-electron chi connectivity index (χ2n) is 6.50. The number of carbonyl (C=O) groups is 2. The van der Waals surface area contributed by atoms with E-state index in [0.29, 0.717) is 44.2 Å². The maximum atomic E-state index is 12.8. The van der Waals surface area contributed by atoms with Crippen LogP contribution in [-0.2, 0) is 6.54 Å². The molecular formula is C18H22N6O2. The summed E-state index contributed by atoms with van der Waals surface area (Å²) in [6, 6.07) is 5.84. The van der Waals surface area contributed by atoms with Crippen molar-refractivity contribution in [3.05, 3.63) is 42.1 Å². The summed E-state index contributed by atoms with van der Waals surface area (Å²) in [5, 5.41) is 0. The minimum absolute atomic E-state index is 0.0993. The Bertz CT molecular complexity index is 810. The zero-order valence-corrected chi connectivity index (χ0v) is 14.8. The van der Waals surface area contributed by atoms with Crippen LogP contribution in [0.25, 0.3) is 0 Å². The van der Waals surface area contributed by atoms with Crippen LogP contribution in [0, 0.1) is 0 Å². The lowest BCUT2D eigenvalue weighted by Gasteiger charge is -2.35. The van der Waals surface area contributed by atoms with E-state index in [0.717, 1.165) is 18.9 Å². The molecule has 136 valence electrons. The van der Waals surface area contributed by atoms with Crippen molar-refractivity contribution in [2.75, 3.05) is 44.2 Å². The number of rotatable bonds is 3. The highest BCUT2D eigenvalue weighted by molar-refractivity contribution is 5.96. The molecule has 0 N–H and O–H groups in total. The summed E-state index contributed by atoms with van der Waals surface area (Å²) in [5.74, 6) is 1.09.